The Labute approximate surface area is 196 Å². The van der Waals surface area contributed by atoms with Gasteiger partial charge >= 0.3 is 11.9 Å². The van der Waals surface area contributed by atoms with Crippen LogP contribution in [-0.2, 0) is 19.1 Å². The molecule has 0 spiro atoms. The molecule has 10 nitrogen and oxygen atoms in total. The number of rotatable bonds is 7. The predicted octanol–water partition coefficient (Wildman–Crippen LogP) is 3.23. The number of fused-ring (bicyclic) bond motifs is 1. The summed E-state index contributed by atoms with van der Waals surface area (Å²) < 4.78 is 17.6. The average molecular weight is 469 g/mol. The monoisotopic (exact) mass is 468 g/mol. The highest BCUT2D eigenvalue weighted by atomic mass is 16.5. The van der Waals surface area contributed by atoms with Crippen molar-refractivity contribution < 1.29 is 28.3 Å². The van der Waals surface area contributed by atoms with E-state index in [2.05, 4.69) is 10.1 Å². The maximum absolute atomic E-state index is 13.0. The maximum atomic E-state index is 13.0. The molecule has 0 radical (unpaired) electrons. The Balaban J connectivity index is 1.47. The van der Waals surface area contributed by atoms with Crippen LogP contribution < -0.4 is 0 Å². The van der Waals surface area contributed by atoms with Crippen molar-refractivity contribution in [2.24, 2.45) is 5.92 Å². The first-order chi connectivity index (χ1) is 16.4. The summed E-state index contributed by atoms with van der Waals surface area (Å²) in [7, 11) is 0. The third kappa shape index (κ3) is 4.80. The van der Waals surface area contributed by atoms with Gasteiger partial charge in [-0.2, -0.15) is 5.10 Å². The van der Waals surface area contributed by atoms with Crippen molar-refractivity contribution in [2.45, 2.75) is 39.7 Å². The zero-order valence-electron chi connectivity index (χ0n) is 19.5. The van der Waals surface area contributed by atoms with Gasteiger partial charge in [-0.3, -0.25) is 9.59 Å². The van der Waals surface area contributed by atoms with Crippen LogP contribution in [0.3, 0.4) is 0 Å². The molecule has 10 heteroatoms. The minimum Gasteiger partial charge on any atom is -0.466 e. The third-order valence-electron chi connectivity index (χ3n) is 5.84. The van der Waals surface area contributed by atoms with Crippen LogP contribution in [0.1, 0.15) is 50.0 Å². The second-order valence-electron chi connectivity index (χ2n) is 8.44. The molecule has 0 bridgehead atoms. The zero-order chi connectivity index (χ0) is 24.2. The summed E-state index contributed by atoms with van der Waals surface area (Å²) in [5.41, 5.74) is 1.26. The van der Waals surface area contributed by atoms with E-state index in [4.69, 9.17) is 13.9 Å². The lowest BCUT2D eigenvalue weighted by Gasteiger charge is -2.30. The number of esters is 2. The number of hydrogen-bond donors (Lipinski definition) is 0. The average Bonchev–Trinajstić information content (AvgIpc) is 3.52. The maximum Gasteiger partial charge on any atom is 0.339 e. The van der Waals surface area contributed by atoms with Gasteiger partial charge in [0.05, 0.1) is 35.9 Å². The van der Waals surface area contributed by atoms with Crippen LogP contribution >= 0.6 is 0 Å². The molecule has 1 saturated heterocycles. The molecule has 4 heterocycles. The van der Waals surface area contributed by atoms with Crippen LogP contribution in [0.5, 0.6) is 0 Å². The van der Waals surface area contributed by atoms with Gasteiger partial charge in [0.2, 0.25) is 0 Å². The standard InChI is InChI=1S/C24H28N4O6/c1-4-32-23(30)16-7-9-27(10-8-16)21(29)14-34-24(31)17-12-19(20-6-5-11-33-20)26-22-18(17)13-25-28(22)15(2)3/h5-6,11-13,15-16H,4,7-10,14H2,1-3H3. The van der Waals surface area contributed by atoms with Crippen LogP contribution in [0.4, 0.5) is 0 Å². The van der Waals surface area contributed by atoms with Crippen molar-refractivity contribution in [1.82, 2.24) is 19.7 Å². The lowest BCUT2D eigenvalue weighted by Crippen LogP contribution is -2.42. The van der Waals surface area contributed by atoms with E-state index >= 15 is 0 Å². The van der Waals surface area contributed by atoms with Crippen LogP contribution in [0.15, 0.2) is 35.1 Å². The summed E-state index contributed by atoms with van der Waals surface area (Å²) in [5, 5.41) is 4.90. The molecular weight excluding hydrogens is 440 g/mol. The second-order valence-corrected chi connectivity index (χ2v) is 8.44. The van der Waals surface area contributed by atoms with E-state index < -0.39 is 5.97 Å². The van der Waals surface area contributed by atoms with Gasteiger partial charge in [0.25, 0.3) is 5.91 Å². The molecule has 0 unspecified atom stereocenters. The Kier molecular flexibility index (Phi) is 6.95. The van der Waals surface area contributed by atoms with Gasteiger partial charge in [0.1, 0.15) is 5.69 Å². The van der Waals surface area contributed by atoms with E-state index in [1.165, 1.54) is 6.26 Å². The van der Waals surface area contributed by atoms with Gasteiger partial charge in [-0.05, 0) is 51.8 Å². The van der Waals surface area contributed by atoms with Crippen molar-refractivity contribution >= 4 is 28.9 Å². The molecule has 3 aromatic rings. The van der Waals surface area contributed by atoms with Crippen molar-refractivity contribution in [3.8, 4) is 11.5 Å². The summed E-state index contributed by atoms with van der Waals surface area (Å²) in [6.45, 7) is 6.50. The van der Waals surface area contributed by atoms with Crippen molar-refractivity contribution in [3.05, 3.63) is 36.2 Å². The summed E-state index contributed by atoms with van der Waals surface area (Å²) in [6.07, 6.45) is 4.17. The quantitative estimate of drug-likeness (QED) is 0.485. The molecule has 3 aromatic heterocycles. The summed E-state index contributed by atoms with van der Waals surface area (Å²) in [5.74, 6) is -0.859. The fourth-order valence-corrected chi connectivity index (χ4v) is 4.04. The number of amides is 1. The van der Waals surface area contributed by atoms with Crippen LogP contribution in [0, 0.1) is 5.92 Å². The van der Waals surface area contributed by atoms with Crippen molar-refractivity contribution in [1.29, 1.82) is 0 Å². The third-order valence-corrected chi connectivity index (χ3v) is 5.84. The van der Waals surface area contributed by atoms with E-state index in [0.29, 0.717) is 55.0 Å². The highest BCUT2D eigenvalue weighted by Gasteiger charge is 2.29. The number of nitrogens with zero attached hydrogens (tertiary/aromatic N) is 4. The number of piperidine rings is 1. The van der Waals surface area contributed by atoms with Gasteiger partial charge in [0, 0.05) is 19.1 Å². The van der Waals surface area contributed by atoms with Crippen molar-refractivity contribution in [2.75, 3.05) is 26.3 Å². The van der Waals surface area contributed by atoms with Crippen LogP contribution in [0.25, 0.3) is 22.5 Å². The molecular formula is C24H28N4O6. The number of likely N-dealkylation sites (tertiary alicyclic amines) is 1. The summed E-state index contributed by atoms with van der Waals surface area (Å²) >= 11 is 0. The molecule has 0 N–H and O–H groups in total. The number of carbonyl (C=O) groups excluding carboxylic acids is 3. The minimum atomic E-state index is -0.640. The topological polar surface area (TPSA) is 117 Å². The zero-order valence-corrected chi connectivity index (χ0v) is 19.5. The number of carbonyl (C=O) groups is 3. The number of ether oxygens (including phenoxy) is 2. The first-order valence-electron chi connectivity index (χ1n) is 11.4. The normalized spacial score (nSPS) is 14.5. The predicted molar refractivity (Wildman–Crippen MR) is 122 cm³/mol. The fraction of sp³-hybridized carbons (Fsp3) is 0.458. The number of furan rings is 1. The Morgan fingerprint density at radius 1 is 1.21 bits per heavy atom. The van der Waals surface area contributed by atoms with Crippen molar-refractivity contribution in [3.63, 3.8) is 0 Å². The Hall–Kier alpha value is -3.69. The van der Waals surface area contributed by atoms with Gasteiger partial charge in [-0.1, -0.05) is 0 Å². The van der Waals surface area contributed by atoms with E-state index in [9.17, 15) is 14.4 Å². The molecule has 1 fully saturated rings. The van der Waals surface area contributed by atoms with Crippen LogP contribution in [-0.4, -0.2) is 63.8 Å². The lowest BCUT2D eigenvalue weighted by molar-refractivity contribution is -0.151. The number of pyridine rings is 1. The van der Waals surface area contributed by atoms with Gasteiger partial charge in [-0.15, -0.1) is 0 Å². The van der Waals surface area contributed by atoms with Gasteiger partial charge in [0.15, 0.2) is 18.0 Å². The van der Waals surface area contributed by atoms with E-state index in [0.717, 1.165) is 0 Å². The largest absolute Gasteiger partial charge is 0.466 e. The number of aromatic nitrogens is 3. The highest BCUT2D eigenvalue weighted by Crippen LogP contribution is 2.27. The molecule has 0 aliphatic carbocycles. The lowest BCUT2D eigenvalue weighted by atomic mass is 9.97. The molecule has 0 aromatic carbocycles. The Morgan fingerprint density at radius 2 is 1.97 bits per heavy atom. The van der Waals surface area contributed by atoms with Gasteiger partial charge < -0.3 is 18.8 Å². The van der Waals surface area contributed by atoms with E-state index in [-0.39, 0.29) is 36.0 Å². The first kappa shape index (κ1) is 23.5. The first-order valence-corrected chi connectivity index (χ1v) is 11.4. The Morgan fingerprint density at radius 3 is 2.62 bits per heavy atom. The molecule has 1 amide bonds. The number of hydrogen-bond acceptors (Lipinski definition) is 8. The molecule has 34 heavy (non-hydrogen) atoms. The second kappa shape index (κ2) is 10.1. The summed E-state index contributed by atoms with van der Waals surface area (Å²) in [4.78, 5) is 43.8. The molecule has 180 valence electrons. The van der Waals surface area contributed by atoms with E-state index in [1.54, 1.807) is 40.9 Å². The minimum absolute atomic E-state index is 0.0276. The molecule has 1 aliphatic heterocycles. The molecule has 0 atom stereocenters. The smallest absolute Gasteiger partial charge is 0.339 e. The fourth-order valence-electron chi connectivity index (χ4n) is 4.04. The van der Waals surface area contributed by atoms with Gasteiger partial charge in [-0.25, -0.2) is 14.5 Å². The molecule has 4 rings (SSSR count). The van der Waals surface area contributed by atoms with E-state index in [1.807, 2.05) is 13.8 Å². The molecule has 0 saturated carbocycles. The Bertz CT molecular complexity index is 1180. The highest BCUT2D eigenvalue weighted by molar-refractivity contribution is 6.04. The van der Waals surface area contributed by atoms with Crippen LogP contribution in [0.2, 0.25) is 0 Å². The molecule has 1 aliphatic rings. The summed E-state index contributed by atoms with van der Waals surface area (Å²) in [6, 6.07) is 5.11. The SMILES string of the molecule is CCOC(=O)C1CCN(C(=O)COC(=O)c2cc(-c3ccco3)nc3c2cnn3C(C)C)CC1.